The Morgan fingerprint density at radius 3 is 2.33 bits per heavy atom. The van der Waals surface area contributed by atoms with Crippen LogP contribution in [0.1, 0.15) is 18.9 Å². The maximum Gasteiger partial charge on any atom is 0.261 e. The summed E-state index contributed by atoms with van der Waals surface area (Å²) in [6.45, 7) is 2.11. The fourth-order valence-corrected chi connectivity index (χ4v) is 4.53. The highest BCUT2D eigenvalue weighted by Crippen LogP contribution is 2.34. The summed E-state index contributed by atoms with van der Waals surface area (Å²) in [7, 11) is -3.59. The van der Waals surface area contributed by atoms with E-state index in [9.17, 15) is 8.42 Å². The molecule has 0 bridgehead atoms. The highest BCUT2D eigenvalue weighted by Gasteiger charge is 2.17. The van der Waals surface area contributed by atoms with Crippen LogP contribution in [-0.4, -0.2) is 8.42 Å². The Kier molecular flexibility index (Phi) is 5.02. The number of anilines is 1. The number of rotatable bonds is 6. The van der Waals surface area contributed by atoms with Gasteiger partial charge in [0.05, 0.1) is 15.5 Å². The van der Waals surface area contributed by atoms with E-state index in [4.69, 9.17) is 0 Å². The smallest absolute Gasteiger partial charge is 0.261 e. The molecule has 0 atom stereocenters. The number of aryl methyl sites for hydroxylation is 1. The van der Waals surface area contributed by atoms with Gasteiger partial charge in [-0.2, -0.15) is 0 Å². The first-order valence-electron chi connectivity index (χ1n) is 7.85. The number of sulfonamides is 1. The second kappa shape index (κ2) is 7.20. The van der Waals surface area contributed by atoms with E-state index >= 15 is 0 Å². The molecule has 2 aromatic carbocycles. The van der Waals surface area contributed by atoms with Crippen LogP contribution < -0.4 is 4.72 Å². The van der Waals surface area contributed by atoms with Gasteiger partial charge in [-0.05, 0) is 41.1 Å². The molecule has 3 nitrogen and oxygen atoms in total. The molecule has 0 aliphatic rings. The van der Waals surface area contributed by atoms with Crippen LogP contribution in [0, 0.1) is 0 Å². The topological polar surface area (TPSA) is 46.2 Å². The zero-order valence-electron chi connectivity index (χ0n) is 13.4. The van der Waals surface area contributed by atoms with Crippen molar-refractivity contribution in [1.29, 1.82) is 0 Å². The molecular formula is C19H19NO2S2. The first kappa shape index (κ1) is 16.7. The fraction of sp³-hybridized carbons (Fsp3) is 0.158. The van der Waals surface area contributed by atoms with Gasteiger partial charge in [0.1, 0.15) is 0 Å². The minimum atomic E-state index is -3.59. The molecule has 3 rings (SSSR count). The predicted octanol–water partition coefficient (Wildman–Crippen LogP) is 5.17. The molecule has 0 aliphatic heterocycles. The van der Waals surface area contributed by atoms with E-state index < -0.39 is 10.0 Å². The standard InChI is InChI=1S/C19H19NO2S2/c1-2-6-15-9-11-17(12-10-15)24(21,22)20-18-13-14-23-19(18)16-7-4-3-5-8-16/h3-5,7-14,20H,2,6H2,1H3. The summed E-state index contributed by atoms with van der Waals surface area (Å²) in [5, 5.41) is 1.89. The molecule has 0 unspecified atom stereocenters. The molecule has 24 heavy (non-hydrogen) atoms. The largest absolute Gasteiger partial charge is 0.278 e. The van der Waals surface area contributed by atoms with Crippen LogP contribution in [0.4, 0.5) is 5.69 Å². The van der Waals surface area contributed by atoms with Crippen LogP contribution in [0.5, 0.6) is 0 Å². The SMILES string of the molecule is CCCc1ccc(S(=O)(=O)Nc2ccsc2-c2ccccc2)cc1. The number of nitrogens with one attached hydrogen (secondary N) is 1. The van der Waals surface area contributed by atoms with Gasteiger partial charge in [0.2, 0.25) is 0 Å². The van der Waals surface area contributed by atoms with Gasteiger partial charge in [0.25, 0.3) is 10.0 Å². The molecule has 5 heteroatoms. The third-order valence-electron chi connectivity index (χ3n) is 3.72. The van der Waals surface area contributed by atoms with Gasteiger partial charge in [-0.25, -0.2) is 8.42 Å². The van der Waals surface area contributed by atoms with E-state index in [1.165, 1.54) is 11.3 Å². The normalized spacial score (nSPS) is 11.4. The van der Waals surface area contributed by atoms with E-state index in [-0.39, 0.29) is 4.90 Å². The zero-order valence-corrected chi connectivity index (χ0v) is 15.0. The Bertz CT molecular complexity index is 898. The molecule has 0 saturated heterocycles. The lowest BCUT2D eigenvalue weighted by Crippen LogP contribution is -2.13. The Hall–Kier alpha value is -2.11. The minimum absolute atomic E-state index is 0.285. The summed E-state index contributed by atoms with van der Waals surface area (Å²) >= 11 is 1.52. The van der Waals surface area contributed by atoms with Gasteiger partial charge >= 0.3 is 0 Å². The second-order valence-corrected chi connectivity index (χ2v) is 8.13. The number of thiophene rings is 1. The molecule has 124 valence electrons. The molecule has 0 fully saturated rings. The van der Waals surface area contributed by atoms with Crippen molar-refractivity contribution in [1.82, 2.24) is 0 Å². The van der Waals surface area contributed by atoms with Crippen molar-refractivity contribution in [2.24, 2.45) is 0 Å². The van der Waals surface area contributed by atoms with Crippen LogP contribution in [0.25, 0.3) is 10.4 Å². The third kappa shape index (κ3) is 3.68. The molecule has 0 spiro atoms. The van der Waals surface area contributed by atoms with Crippen LogP contribution >= 0.6 is 11.3 Å². The summed E-state index contributed by atoms with van der Waals surface area (Å²) in [5.74, 6) is 0. The van der Waals surface area contributed by atoms with Crippen molar-refractivity contribution in [3.8, 4) is 10.4 Å². The van der Waals surface area contributed by atoms with E-state index in [0.29, 0.717) is 5.69 Å². The lowest BCUT2D eigenvalue weighted by atomic mass is 10.1. The van der Waals surface area contributed by atoms with Gasteiger partial charge < -0.3 is 0 Å². The summed E-state index contributed by atoms with van der Waals surface area (Å²) in [5.41, 5.74) is 2.77. The molecule has 0 radical (unpaired) electrons. The summed E-state index contributed by atoms with van der Waals surface area (Å²) in [6, 6.07) is 18.7. The van der Waals surface area contributed by atoms with Crippen molar-refractivity contribution < 1.29 is 8.42 Å². The van der Waals surface area contributed by atoms with E-state index in [2.05, 4.69) is 11.6 Å². The highest BCUT2D eigenvalue weighted by molar-refractivity contribution is 7.92. The van der Waals surface area contributed by atoms with Crippen LogP contribution in [0.2, 0.25) is 0 Å². The van der Waals surface area contributed by atoms with Crippen molar-refractivity contribution in [2.45, 2.75) is 24.7 Å². The zero-order chi connectivity index (χ0) is 17.0. The van der Waals surface area contributed by atoms with Gasteiger partial charge in [0, 0.05) is 0 Å². The van der Waals surface area contributed by atoms with Gasteiger partial charge in [-0.15, -0.1) is 11.3 Å². The van der Waals surface area contributed by atoms with Gasteiger partial charge in [0.15, 0.2) is 0 Å². The molecule has 0 amide bonds. The van der Waals surface area contributed by atoms with E-state index in [0.717, 1.165) is 28.8 Å². The Labute approximate surface area is 147 Å². The van der Waals surface area contributed by atoms with Crippen LogP contribution in [0.3, 0.4) is 0 Å². The number of benzene rings is 2. The average molecular weight is 358 g/mol. The molecular weight excluding hydrogens is 338 g/mol. The van der Waals surface area contributed by atoms with E-state index in [1.54, 1.807) is 18.2 Å². The molecule has 1 N–H and O–H groups in total. The summed E-state index contributed by atoms with van der Waals surface area (Å²) in [6.07, 6.45) is 2.00. The third-order valence-corrected chi connectivity index (χ3v) is 6.06. The molecule has 0 aliphatic carbocycles. The van der Waals surface area contributed by atoms with Crippen LogP contribution in [-0.2, 0) is 16.4 Å². The second-order valence-electron chi connectivity index (χ2n) is 5.53. The first-order chi connectivity index (χ1) is 11.6. The maximum atomic E-state index is 12.6. The monoisotopic (exact) mass is 357 g/mol. The van der Waals surface area contributed by atoms with Crippen molar-refractivity contribution >= 4 is 27.0 Å². The molecule has 1 heterocycles. The quantitative estimate of drug-likeness (QED) is 0.661. The first-order valence-corrected chi connectivity index (χ1v) is 10.2. The predicted molar refractivity (Wildman–Crippen MR) is 101 cm³/mol. The number of hydrogen-bond acceptors (Lipinski definition) is 3. The van der Waals surface area contributed by atoms with Crippen molar-refractivity contribution in [2.75, 3.05) is 4.72 Å². The summed E-state index contributed by atoms with van der Waals surface area (Å²) < 4.78 is 28.0. The average Bonchev–Trinajstić information content (AvgIpc) is 3.04. The van der Waals surface area contributed by atoms with Crippen LogP contribution in [0.15, 0.2) is 70.9 Å². The number of hydrogen-bond donors (Lipinski definition) is 1. The summed E-state index contributed by atoms with van der Waals surface area (Å²) in [4.78, 5) is 1.20. The maximum absolute atomic E-state index is 12.6. The molecule has 1 aromatic heterocycles. The highest BCUT2D eigenvalue weighted by atomic mass is 32.2. The van der Waals surface area contributed by atoms with Gasteiger partial charge in [-0.3, -0.25) is 4.72 Å². The Morgan fingerprint density at radius 2 is 1.67 bits per heavy atom. The van der Waals surface area contributed by atoms with Crippen molar-refractivity contribution in [3.05, 3.63) is 71.6 Å². The van der Waals surface area contributed by atoms with E-state index in [1.807, 2.05) is 47.8 Å². The van der Waals surface area contributed by atoms with Gasteiger partial charge in [-0.1, -0.05) is 55.8 Å². The Morgan fingerprint density at radius 1 is 0.958 bits per heavy atom. The lowest BCUT2D eigenvalue weighted by molar-refractivity contribution is 0.601. The Balaban J connectivity index is 1.87. The lowest BCUT2D eigenvalue weighted by Gasteiger charge is -2.10. The molecule has 3 aromatic rings. The fourth-order valence-electron chi connectivity index (χ4n) is 2.53. The van der Waals surface area contributed by atoms with Crippen molar-refractivity contribution in [3.63, 3.8) is 0 Å². The molecule has 0 saturated carbocycles. The minimum Gasteiger partial charge on any atom is -0.278 e.